The van der Waals surface area contributed by atoms with E-state index in [4.69, 9.17) is 19.2 Å². The van der Waals surface area contributed by atoms with Crippen LogP contribution in [-0.4, -0.2) is 45.8 Å². The van der Waals surface area contributed by atoms with Gasteiger partial charge in [-0.3, -0.25) is 0 Å². The summed E-state index contributed by atoms with van der Waals surface area (Å²) in [5, 5.41) is 0. The Balaban J connectivity index is 0. The largest absolute Gasteiger partial charge is 0.438 e. The summed E-state index contributed by atoms with van der Waals surface area (Å²) in [6.45, 7) is 6.56. The van der Waals surface area contributed by atoms with Crippen LogP contribution in [0.25, 0.3) is 0 Å². The number of rotatable bonds is 2. The molecule has 0 aliphatic rings. The minimum Gasteiger partial charge on any atom is -0.438 e. The smallest absolute Gasteiger partial charge is 0.326 e. The van der Waals surface area contributed by atoms with Crippen LogP contribution in [0.15, 0.2) is 0 Å². The van der Waals surface area contributed by atoms with Crippen molar-refractivity contribution in [3.63, 3.8) is 0 Å². The molecule has 76 valence electrons. The lowest BCUT2D eigenvalue weighted by Gasteiger charge is -2.09. The van der Waals surface area contributed by atoms with Crippen molar-refractivity contribution >= 4 is 26.6 Å². The summed E-state index contributed by atoms with van der Waals surface area (Å²) in [4.78, 5) is 33.9. The van der Waals surface area contributed by atoms with Crippen LogP contribution >= 0.6 is 0 Å². The zero-order valence-corrected chi connectivity index (χ0v) is 11.6. The van der Waals surface area contributed by atoms with Gasteiger partial charge in [0.2, 0.25) is 0 Å². The van der Waals surface area contributed by atoms with Gasteiger partial charge in [-0.25, -0.2) is 0 Å². The Morgan fingerprint density at radius 1 is 1.00 bits per heavy atom. The zero-order chi connectivity index (χ0) is 10.4. The second-order valence-corrected chi connectivity index (χ2v) is 12.8. The van der Waals surface area contributed by atoms with Crippen LogP contribution in [-0.2, 0) is 0 Å². The van der Waals surface area contributed by atoms with Crippen molar-refractivity contribution in [2.24, 2.45) is 0 Å². The first-order valence-corrected chi connectivity index (χ1v) is 11.5. The van der Waals surface area contributed by atoms with Gasteiger partial charge in [0.25, 0.3) is 0 Å². The maximum absolute atomic E-state index is 9.03. The highest BCUT2D eigenvalue weighted by molar-refractivity contribution is 6.76. The maximum Gasteiger partial charge on any atom is 0.326 e. The molecular formula is C5H20O4Si3. The van der Waals surface area contributed by atoms with Gasteiger partial charge in [0, 0.05) is 0 Å². The molecule has 7 heteroatoms. The standard InChI is InChI=1S/C3H12O2Si2.C2H8O2Si/c1-7(2,5)3-6-4;1-5(2,3)4/h4-5H,3,6H2,1-2H3;3-4H,1-2H3. The van der Waals surface area contributed by atoms with Crippen LogP contribution in [0.5, 0.6) is 0 Å². The quantitative estimate of drug-likeness (QED) is 0.452. The van der Waals surface area contributed by atoms with Crippen LogP contribution in [0.4, 0.5) is 0 Å². The molecule has 0 heterocycles. The molecule has 4 N–H and O–H groups in total. The average Bonchev–Trinajstić information content (AvgIpc) is 1.54. The van der Waals surface area contributed by atoms with Crippen molar-refractivity contribution in [2.75, 3.05) is 0 Å². The third kappa shape index (κ3) is 46.9. The molecular weight excluding hydrogens is 208 g/mol. The van der Waals surface area contributed by atoms with Crippen LogP contribution in [0.1, 0.15) is 0 Å². The molecule has 0 aliphatic carbocycles. The summed E-state index contributed by atoms with van der Waals surface area (Å²) >= 11 is 0. The zero-order valence-electron chi connectivity index (χ0n) is 8.20. The fourth-order valence-electron chi connectivity index (χ4n) is 0.274. The second-order valence-electron chi connectivity index (χ2n) is 3.78. The predicted molar refractivity (Wildman–Crippen MR) is 57.2 cm³/mol. The van der Waals surface area contributed by atoms with Crippen molar-refractivity contribution < 1.29 is 19.2 Å². The van der Waals surface area contributed by atoms with E-state index in [9.17, 15) is 0 Å². The molecule has 12 heavy (non-hydrogen) atoms. The summed E-state index contributed by atoms with van der Waals surface area (Å²) in [7, 11) is -5.34. The molecule has 0 aromatic heterocycles. The molecule has 0 unspecified atom stereocenters. The number of hydrogen-bond acceptors (Lipinski definition) is 4. The van der Waals surface area contributed by atoms with E-state index in [0.717, 1.165) is 5.67 Å². The van der Waals surface area contributed by atoms with Gasteiger partial charge in [-0.1, -0.05) is 0 Å². The fourth-order valence-corrected chi connectivity index (χ4v) is 2.46. The van der Waals surface area contributed by atoms with Crippen molar-refractivity contribution in [1.82, 2.24) is 0 Å². The van der Waals surface area contributed by atoms with Gasteiger partial charge in [-0.05, 0) is 31.9 Å². The van der Waals surface area contributed by atoms with E-state index in [1.54, 1.807) is 0 Å². The van der Waals surface area contributed by atoms with Crippen LogP contribution < -0.4 is 0 Å². The molecule has 0 radical (unpaired) electrons. The monoisotopic (exact) mass is 228 g/mol. The number of hydrogen-bond donors (Lipinski definition) is 4. The first-order chi connectivity index (χ1) is 5.06. The lowest BCUT2D eigenvalue weighted by molar-refractivity contribution is 0.382. The third-order valence-electron chi connectivity index (χ3n) is 0.724. The van der Waals surface area contributed by atoms with Crippen molar-refractivity contribution in [2.45, 2.75) is 31.9 Å². The average molecular weight is 228 g/mol. The molecule has 0 amide bonds. The van der Waals surface area contributed by atoms with E-state index in [1.807, 2.05) is 13.1 Å². The van der Waals surface area contributed by atoms with E-state index in [2.05, 4.69) is 0 Å². The highest BCUT2D eigenvalue weighted by Crippen LogP contribution is 1.99. The molecule has 0 saturated carbocycles. The van der Waals surface area contributed by atoms with Crippen molar-refractivity contribution in [1.29, 1.82) is 0 Å². The summed E-state index contributed by atoms with van der Waals surface area (Å²) in [6, 6.07) is 0. The molecule has 0 aromatic carbocycles. The fraction of sp³-hybridized carbons (Fsp3) is 1.00. The van der Waals surface area contributed by atoms with Crippen LogP contribution in [0, 0.1) is 0 Å². The molecule has 0 atom stereocenters. The lowest BCUT2D eigenvalue weighted by Crippen LogP contribution is -2.26. The Morgan fingerprint density at radius 2 is 1.25 bits per heavy atom. The van der Waals surface area contributed by atoms with Gasteiger partial charge in [0.15, 0.2) is 18.1 Å². The van der Waals surface area contributed by atoms with E-state index in [0.29, 0.717) is 0 Å². The van der Waals surface area contributed by atoms with E-state index in [1.165, 1.54) is 13.1 Å². The molecule has 0 rings (SSSR count). The van der Waals surface area contributed by atoms with E-state index < -0.39 is 26.6 Å². The molecule has 0 aliphatic heterocycles. The Bertz CT molecular complexity index is 100. The summed E-state index contributed by atoms with van der Waals surface area (Å²) in [5.74, 6) is 0. The van der Waals surface area contributed by atoms with Crippen molar-refractivity contribution in [3.05, 3.63) is 0 Å². The highest BCUT2D eigenvalue weighted by Gasteiger charge is 2.14. The highest BCUT2D eigenvalue weighted by atomic mass is 28.4. The summed E-state index contributed by atoms with van der Waals surface area (Å²) in [5.41, 5.74) is 0.729. The van der Waals surface area contributed by atoms with Crippen molar-refractivity contribution in [3.8, 4) is 0 Å². The third-order valence-corrected chi connectivity index (χ3v) is 6.51. The Kier molecular flexibility index (Phi) is 7.52. The first-order valence-electron chi connectivity index (χ1n) is 3.84. The topological polar surface area (TPSA) is 80.9 Å². The normalized spacial score (nSPS) is 13.0. The van der Waals surface area contributed by atoms with Gasteiger partial charge in [0.05, 0.1) is 0 Å². The molecule has 0 saturated heterocycles. The van der Waals surface area contributed by atoms with Gasteiger partial charge >= 0.3 is 8.56 Å². The first kappa shape index (κ1) is 15.0. The van der Waals surface area contributed by atoms with Gasteiger partial charge in [-0.2, -0.15) is 0 Å². The van der Waals surface area contributed by atoms with Crippen LogP contribution in [0.2, 0.25) is 31.9 Å². The molecule has 0 fully saturated rings. The Labute approximate surface area is 78.2 Å². The van der Waals surface area contributed by atoms with Gasteiger partial charge in [0.1, 0.15) is 0 Å². The minimum absolute atomic E-state index is 0.729. The lowest BCUT2D eigenvalue weighted by atomic mass is 11.8. The van der Waals surface area contributed by atoms with E-state index >= 15 is 0 Å². The maximum atomic E-state index is 9.03. The summed E-state index contributed by atoms with van der Waals surface area (Å²) in [6.07, 6.45) is 0. The predicted octanol–water partition coefficient (Wildman–Crippen LogP) is -1.11. The Hall–Kier alpha value is 0.491. The van der Waals surface area contributed by atoms with Gasteiger partial charge < -0.3 is 19.2 Å². The molecule has 0 spiro atoms. The van der Waals surface area contributed by atoms with Gasteiger partial charge in [-0.15, -0.1) is 0 Å². The SMILES string of the molecule is C[Si](C)(O)C[SiH2]O.C[Si](C)(O)O. The second kappa shape index (κ2) is 6.02. The minimum atomic E-state index is -2.61. The molecule has 4 nitrogen and oxygen atoms in total. The molecule has 0 bridgehead atoms. The van der Waals surface area contributed by atoms with Crippen LogP contribution in [0.3, 0.4) is 0 Å². The summed E-state index contributed by atoms with van der Waals surface area (Å²) < 4.78 is 0. The van der Waals surface area contributed by atoms with E-state index in [-0.39, 0.29) is 0 Å². The Morgan fingerprint density at radius 3 is 1.25 bits per heavy atom. The molecule has 0 aromatic rings.